The molecule has 182 valence electrons. The smallest absolute Gasteiger partial charge is 0.237 e. The minimum absolute atomic E-state index is 0.0691. The first kappa shape index (κ1) is 22.5. The van der Waals surface area contributed by atoms with Gasteiger partial charge in [-0.25, -0.2) is 13.8 Å². The van der Waals surface area contributed by atoms with Crippen LogP contribution in [-0.4, -0.2) is 30.1 Å². The lowest BCUT2D eigenvalue weighted by molar-refractivity contribution is -0.132. The van der Waals surface area contributed by atoms with Crippen LogP contribution in [0.1, 0.15) is 44.9 Å². The number of nitrogens with one attached hydrogen (secondary N) is 2. The molecule has 1 saturated heterocycles. The highest BCUT2D eigenvalue weighted by Gasteiger charge is 2.48. The van der Waals surface area contributed by atoms with E-state index in [-0.39, 0.29) is 17.4 Å². The summed E-state index contributed by atoms with van der Waals surface area (Å²) in [6.07, 6.45) is 7.43. The molecule has 1 aromatic heterocycles. The topological polar surface area (TPSA) is 114 Å². The van der Waals surface area contributed by atoms with Gasteiger partial charge >= 0.3 is 0 Å². The van der Waals surface area contributed by atoms with E-state index in [1.54, 1.807) is 18.3 Å². The summed E-state index contributed by atoms with van der Waals surface area (Å²) in [4.78, 5) is 17.0. The lowest BCUT2D eigenvalue weighted by Gasteiger charge is -2.45. The van der Waals surface area contributed by atoms with Crippen LogP contribution in [0.4, 0.5) is 5.69 Å². The molecule has 3 aromatic rings. The van der Waals surface area contributed by atoms with Crippen LogP contribution in [0.5, 0.6) is 0 Å². The number of aromatic nitrogens is 1. The number of hydrazine groups is 1. The number of amides is 1. The zero-order valence-electron chi connectivity index (χ0n) is 19.5. The van der Waals surface area contributed by atoms with E-state index in [9.17, 15) is 13.2 Å². The molecule has 2 aliphatic carbocycles. The van der Waals surface area contributed by atoms with E-state index in [0.717, 1.165) is 54.1 Å². The van der Waals surface area contributed by atoms with Crippen LogP contribution in [-0.2, 0) is 14.6 Å². The molecular weight excluding hydrogens is 460 g/mol. The normalized spacial score (nSPS) is 27.1. The summed E-state index contributed by atoms with van der Waals surface area (Å²) >= 11 is 0. The van der Waals surface area contributed by atoms with Gasteiger partial charge in [0.25, 0.3) is 0 Å². The minimum atomic E-state index is -3.43. The molecule has 2 saturated carbocycles. The number of rotatable bonds is 4. The molecule has 2 heterocycles. The minimum Gasteiger partial charge on any atom is -0.397 e. The molecule has 4 N–H and O–H groups in total. The number of sulfone groups is 1. The monoisotopic (exact) mass is 490 g/mol. The Morgan fingerprint density at radius 2 is 1.66 bits per heavy atom. The first-order valence-electron chi connectivity index (χ1n) is 12.4. The molecule has 1 unspecified atom stereocenters. The SMILES string of the molecule is Nc1cnc2cc(-c3ccc(S(=O)(=O)C4CCC5(CC4)CC(C4CC4)C(=O)NN5)cc3)ccc2c1. The van der Waals surface area contributed by atoms with E-state index < -0.39 is 15.1 Å². The van der Waals surface area contributed by atoms with Crippen molar-refractivity contribution < 1.29 is 13.2 Å². The quantitative estimate of drug-likeness (QED) is 0.510. The third-order valence-corrected chi connectivity index (χ3v) is 10.4. The Kier molecular flexibility index (Phi) is 5.34. The highest BCUT2D eigenvalue weighted by Crippen LogP contribution is 2.46. The summed E-state index contributed by atoms with van der Waals surface area (Å²) in [7, 11) is -3.43. The Bertz CT molecular complexity index is 1390. The number of nitrogens with zero attached hydrogens (tertiary/aromatic N) is 1. The number of carbonyl (C=O) groups is 1. The largest absolute Gasteiger partial charge is 0.397 e. The molecule has 2 aromatic carbocycles. The van der Waals surface area contributed by atoms with Crippen LogP contribution in [0.25, 0.3) is 22.0 Å². The van der Waals surface area contributed by atoms with Gasteiger partial charge in [0.2, 0.25) is 5.91 Å². The Morgan fingerprint density at radius 3 is 2.37 bits per heavy atom. The first-order valence-corrected chi connectivity index (χ1v) is 13.9. The van der Waals surface area contributed by atoms with Gasteiger partial charge in [-0.3, -0.25) is 15.2 Å². The van der Waals surface area contributed by atoms with E-state index in [1.165, 1.54) is 0 Å². The summed E-state index contributed by atoms with van der Waals surface area (Å²) in [5.41, 5.74) is 15.2. The number of nitrogens with two attached hydrogens (primary N) is 1. The van der Waals surface area contributed by atoms with Gasteiger partial charge in [-0.15, -0.1) is 0 Å². The van der Waals surface area contributed by atoms with Gasteiger partial charge in [-0.2, -0.15) is 0 Å². The van der Waals surface area contributed by atoms with Crippen molar-refractivity contribution in [2.75, 3.05) is 5.73 Å². The van der Waals surface area contributed by atoms with Gasteiger partial charge in [0.05, 0.1) is 27.5 Å². The fourth-order valence-electron chi connectivity index (χ4n) is 5.86. The Balaban J connectivity index is 1.16. The van der Waals surface area contributed by atoms with E-state index in [4.69, 9.17) is 5.73 Å². The average Bonchev–Trinajstić information content (AvgIpc) is 3.71. The van der Waals surface area contributed by atoms with Crippen molar-refractivity contribution in [3.05, 3.63) is 54.7 Å². The van der Waals surface area contributed by atoms with Crippen LogP contribution >= 0.6 is 0 Å². The maximum atomic E-state index is 13.4. The maximum Gasteiger partial charge on any atom is 0.237 e. The zero-order valence-corrected chi connectivity index (χ0v) is 20.4. The standard InChI is InChI=1S/C27H30N4O3S/c28-21-13-20-4-3-19(14-25(20)29-16-21)17-5-7-22(8-6-17)35(33,34)23-9-11-27(12-10-23)15-24(18-1-2-18)26(32)30-31-27/h3-8,13-14,16,18,23-24,31H,1-2,9-12,15,28H2,(H,30,32). The van der Waals surface area contributed by atoms with E-state index in [2.05, 4.69) is 15.8 Å². The van der Waals surface area contributed by atoms with E-state index >= 15 is 0 Å². The van der Waals surface area contributed by atoms with Crippen molar-refractivity contribution in [2.45, 2.75) is 60.6 Å². The maximum absolute atomic E-state index is 13.4. The number of hydrogen-bond donors (Lipinski definition) is 3. The number of pyridine rings is 1. The van der Waals surface area contributed by atoms with Crippen molar-refractivity contribution >= 4 is 32.3 Å². The molecule has 1 spiro atoms. The molecule has 35 heavy (non-hydrogen) atoms. The number of hydrogen-bond acceptors (Lipinski definition) is 6. The molecule has 7 nitrogen and oxygen atoms in total. The third kappa shape index (κ3) is 4.19. The van der Waals surface area contributed by atoms with Crippen LogP contribution in [0, 0.1) is 11.8 Å². The highest BCUT2D eigenvalue weighted by atomic mass is 32.2. The average molecular weight is 491 g/mol. The highest BCUT2D eigenvalue weighted by molar-refractivity contribution is 7.92. The predicted octanol–water partition coefficient (Wildman–Crippen LogP) is 3.99. The van der Waals surface area contributed by atoms with Crippen LogP contribution in [0.3, 0.4) is 0 Å². The zero-order chi connectivity index (χ0) is 24.2. The Morgan fingerprint density at radius 1 is 0.943 bits per heavy atom. The van der Waals surface area contributed by atoms with Crippen LogP contribution < -0.4 is 16.6 Å². The number of anilines is 1. The second kappa shape index (κ2) is 8.31. The Hall–Kier alpha value is -2.97. The molecule has 8 heteroatoms. The van der Waals surface area contributed by atoms with Crippen molar-refractivity contribution in [3.8, 4) is 11.1 Å². The van der Waals surface area contributed by atoms with Gasteiger partial charge < -0.3 is 5.73 Å². The number of nitrogen functional groups attached to an aromatic ring is 1. The number of benzene rings is 2. The fraction of sp³-hybridized carbons (Fsp3) is 0.407. The second-order valence-corrected chi connectivity index (χ2v) is 12.7. The van der Waals surface area contributed by atoms with Gasteiger partial charge in [0, 0.05) is 16.8 Å². The van der Waals surface area contributed by atoms with E-state index in [1.807, 2.05) is 36.4 Å². The van der Waals surface area contributed by atoms with Crippen molar-refractivity contribution in [1.82, 2.24) is 15.8 Å². The Labute approximate surface area is 205 Å². The molecule has 1 aliphatic heterocycles. The second-order valence-electron chi connectivity index (χ2n) is 10.5. The summed E-state index contributed by atoms with van der Waals surface area (Å²) < 4.78 is 26.9. The molecule has 3 aliphatic rings. The number of fused-ring (bicyclic) bond motifs is 1. The summed E-state index contributed by atoms with van der Waals surface area (Å²) in [5, 5.41) is 0.576. The molecule has 3 fully saturated rings. The lowest BCUT2D eigenvalue weighted by atomic mass is 9.73. The third-order valence-electron chi connectivity index (χ3n) is 8.14. The molecule has 6 rings (SSSR count). The van der Waals surface area contributed by atoms with Gasteiger partial charge in [-0.05, 0) is 86.3 Å². The summed E-state index contributed by atoms with van der Waals surface area (Å²) in [5.74, 6) is 0.671. The molecule has 1 amide bonds. The van der Waals surface area contributed by atoms with Crippen LogP contribution in [0.15, 0.2) is 59.6 Å². The fourth-order valence-corrected chi connectivity index (χ4v) is 7.62. The van der Waals surface area contributed by atoms with Gasteiger partial charge in [0.1, 0.15) is 0 Å². The van der Waals surface area contributed by atoms with Gasteiger partial charge in [-0.1, -0.05) is 24.3 Å². The van der Waals surface area contributed by atoms with Crippen LogP contribution in [0.2, 0.25) is 0 Å². The summed E-state index contributed by atoms with van der Waals surface area (Å²) in [6, 6.07) is 15.0. The van der Waals surface area contributed by atoms with Crippen molar-refractivity contribution in [3.63, 3.8) is 0 Å². The molecular formula is C27H30N4O3S. The molecule has 0 bridgehead atoms. The molecule has 0 radical (unpaired) electrons. The van der Waals surface area contributed by atoms with Crippen molar-refractivity contribution in [1.29, 1.82) is 0 Å². The lowest BCUT2D eigenvalue weighted by Crippen LogP contribution is -2.63. The predicted molar refractivity (Wildman–Crippen MR) is 136 cm³/mol. The summed E-state index contributed by atoms with van der Waals surface area (Å²) in [6.45, 7) is 0. The molecule has 1 atom stereocenters. The van der Waals surface area contributed by atoms with Crippen molar-refractivity contribution in [2.24, 2.45) is 11.8 Å². The first-order chi connectivity index (χ1) is 16.8. The van der Waals surface area contributed by atoms with Gasteiger partial charge in [0.15, 0.2) is 9.84 Å². The van der Waals surface area contributed by atoms with E-state index in [0.29, 0.717) is 29.3 Å². The number of carbonyl (C=O) groups excluding carboxylic acids is 1.